The maximum atomic E-state index is 12.7. The molecule has 0 saturated carbocycles. The molecule has 138 valence electrons. The summed E-state index contributed by atoms with van der Waals surface area (Å²) in [5.74, 6) is -0.688. The van der Waals surface area contributed by atoms with Gasteiger partial charge < -0.3 is 19.3 Å². The summed E-state index contributed by atoms with van der Waals surface area (Å²) < 4.78 is 10.7. The number of carbonyl (C=O) groups excluding carboxylic acids is 2. The predicted molar refractivity (Wildman–Crippen MR) is 91.2 cm³/mol. The Bertz CT molecular complexity index is 559. The number of nitrogens with zero attached hydrogens (tertiary/aromatic N) is 3. The fraction of sp³-hybridized carbons (Fsp3) is 0.722. The zero-order valence-electron chi connectivity index (χ0n) is 15.2. The van der Waals surface area contributed by atoms with Crippen molar-refractivity contribution in [1.82, 2.24) is 9.80 Å². The largest absolute Gasteiger partial charge is 0.466 e. The fourth-order valence-electron chi connectivity index (χ4n) is 3.40. The molecule has 2 heterocycles. The summed E-state index contributed by atoms with van der Waals surface area (Å²) >= 11 is 0. The monoisotopic (exact) mass is 349 g/mol. The molecule has 2 aliphatic rings. The van der Waals surface area contributed by atoms with Gasteiger partial charge in [-0.2, -0.15) is 5.26 Å². The van der Waals surface area contributed by atoms with E-state index in [9.17, 15) is 14.9 Å². The second-order valence-electron chi connectivity index (χ2n) is 6.71. The van der Waals surface area contributed by atoms with Gasteiger partial charge in [-0.25, -0.2) is 0 Å². The van der Waals surface area contributed by atoms with Crippen LogP contribution in [0.5, 0.6) is 0 Å². The molecule has 0 aromatic carbocycles. The van der Waals surface area contributed by atoms with Gasteiger partial charge in [-0.1, -0.05) is 0 Å². The van der Waals surface area contributed by atoms with E-state index in [1.165, 1.54) is 0 Å². The summed E-state index contributed by atoms with van der Waals surface area (Å²) in [5, 5.41) is 9.43. The van der Waals surface area contributed by atoms with Crippen molar-refractivity contribution in [3.05, 3.63) is 11.8 Å². The Hall–Kier alpha value is -2.07. The molecule has 3 unspecified atom stereocenters. The molecule has 1 amide bonds. The Labute approximate surface area is 149 Å². The molecule has 0 N–H and O–H groups in total. The Morgan fingerprint density at radius 1 is 1.28 bits per heavy atom. The molecule has 2 aliphatic heterocycles. The zero-order valence-corrected chi connectivity index (χ0v) is 15.2. The Balaban J connectivity index is 2.04. The van der Waals surface area contributed by atoms with Gasteiger partial charge in [-0.3, -0.25) is 9.59 Å². The van der Waals surface area contributed by atoms with Crippen molar-refractivity contribution < 1.29 is 19.1 Å². The topological polar surface area (TPSA) is 82.9 Å². The van der Waals surface area contributed by atoms with Crippen molar-refractivity contribution in [3.63, 3.8) is 0 Å². The number of esters is 1. The van der Waals surface area contributed by atoms with Gasteiger partial charge in [0.05, 0.1) is 24.7 Å². The van der Waals surface area contributed by atoms with Crippen molar-refractivity contribution in [3.8, 4) is 6.07 Å². The van der Waals surface area contributed by atoms with E-state index in [1.807, 2.05) is 24.8 Å². The lowest BCUT2D eigenvalue weighted by molar-refractivity contribution is -0.149. The third-order valence-electron chi connectivity index (χ3n) is 4.44. The molecule has 2 fully saturated rings. The lowest BCUT2D eigenvalue weighted by atomic mass is 9.98. The van der Waals surface area contributed by atoms with E-state index < -0.39 is 0 Å². The molecule has 0 aliphatic carbocycles. The van der Waals surface area contributed by atoms with Gasteiger partial charge >= 0.3 is 5.97 Å². The van der Waals surface area contributed by atoms with Gasteiger partial charge in [0.15, 0.2) is 0 Å². The third kappa shape index (κ3) is 5.20. The van der Waals surface area contributed by atoms with Crippen LogP contribution in [0.15, 0.2) is 11.8 Å². The van der Waals surface area contributed by atoms with Crippen LogP contribution in [0.2, 0.25) is 0 Å². The second kappa shape index (κ2) is 8.86. The van der Waals surface area contributed by atoms with Gasteiger partial charge in [0.1, 0.15) is 11.6 Å². The number of amides is 1. The first-order valence-corrected chi connectivity index (χ1v) is 8.91. The molecule has 2 rings (SSSR count). The Morgan fingerprint density at radius 2 is 1.96 bits per heavy atom. The SMILES string of the molecule is CCOC(=O)C1CCCN(/C=C(/C#N)C(=O)N2CC(C)OC(C)C2)C1. The normalized spacial score (nSPS) is 27.6. The van der Waals surface area contributed by atoms with E-state index in [0.29, 0.717) is 26.2 Å². The molecule has 3 atom stereocenters. The zero-order chi connectivity index (χ0) is 18.4. The minimum absolute atomic E-state index is 0.0455. The van der Waals surface area contributed by atoms with Crippen LogP contribution in [-0.4, -0.2) is 66.7 Å². The molecular formula is C18H27N3O4. The van der Waals surface area contributed by atoms with Crippen LogP contribution in [0.3, 0.4) is 0 Å². The number of piperidine rings is 1. The van der Waals surface area contributed by atoms with Crippen LogP contribution in [0.25, 0.3) is 0 Å². The molecule has 0 bridgehead atoms. The maximum Gasteiger partial charge on any atom is 0.310 e. The minimum atomic E-state index is -0.275. The highest BCUT2D eigenvalue weighted by atomic mass is 16.5. The quantitative estimate of drug-likeness (QED) is 0.432. The van der Waals surface area contributed by atoms with Gasteiger partial charge in [-0.05, 0) is 33.6 Å². The summed E-state index contributed by atoms with van der Waals surface area (Å²) in [5.41, 5.74) is 0.103. The number of hydrogen-bond acceptors (Lipinski definition) is 6. The minimum Gasteiger partial charge on any atom is -0.466 e. The standard InChI is InChI=1S/C18H27N3O4/c1-4-24-18(23)15-6-5-7-20(11-15)12-16(8-19)17(22)21-9-13(2)25-14(3)10-21/h12-15H,4-7,9-11H2,1-3H3/b16-12-. The van der Waals surface area contributed by atoms with E-state index in [-0.39, 0.29) is 35.6 Å². The first kappa shape index (κ1) is 19.3. The van der Waals surface area contributed by atoms with E-state index >= 15 is 0 Å². The van der Waals surface area contributed by atoms with Crippen molar-refractivity contribution in [2.45, 2.75) is 45.8 Å². The molecule has 0 aromatic heterocycles. The summed E-state index contributed by atoms with van der Waals surface area (Å²) in [4.78, 5) is 28.2. The molecule has 7 heteroatoms. The number of hydrogen-bond donors (Lipinski definition) is 0. The van der Waals surface area contributed by atoms with Gasteiger partial charge in [0.25, 0.3) is 5.91 Å². The lowest BCUT2D eigenvalue weighted by Gasteiger charge is -2.35. The average molecular weight is 349 g/mol. The molecule has 0 spiro atoms. The first-order chi connectivity index (χ1) is 11.9. The van der Waals surface area contributed by atoms with Crippen LogP contribution in [0.4, 0.5) is 0 Å². The fourth-order valence-corrected chi connectivity index (χ4v) is 3.40. The van der Waals surface area contributed by atoms with Crippen LogP contribution in [0, 0.1) is 17.2 Å². The number of rotatable bonds is 4. The first-order valence-electron chi connectivity index (χ1n) is 8.91. The lowest BCUT2D eigenvalue weighted by Crippen LogP contribution is -2.48. The van der Waals surface area contributed by atoms with Crippen molar-refractivity contribution in [2.24, 2.45) is 5.92 Å². The molecule has 0 aromatic rings. The summed E-state index contributed by atoms with van der Waals surface area (Å²) in [6.07, 6.45) is 3.11. The van der Waals surface area contributed by atoms with Gasteiger partial charge in [0, 0.05) is 32.4 Å². The maximum absolute atomic E-state index is 12.7. The van der Waals surface area contributed by atoms with Crippen LogP contribution < -0.4 is 0 Å². The number of morpholine rings is 1. The van der Waals surface area contributed by atoms with E-state index in [2.05, 4.69) is 0 Å². The number of nitriles is 1. The Kier molecular flexibility index (Phi) is 6.82. The highest BCUT2D eigenvalue weighted by Gasteiger charge is 2.30. The van der Waals surface area contributed by atoms with Crippen LogP contribution in [0.1, 0.15) is 33.6 Å². The highest BCUT2D eigenvalue weighted by molar-refractivity contribution is 5.97. The van der Waals surface area contributed by atoms with Crippen LogP contribution >= 0.6 is 0 Å². The smallest absolute Gasteiger partial charge is 0.310 e. The van der Waals surface area contributed by atoms with Gasteiger partial charge in [0.2, 0.25) is 0 Å². The van der Waals surface area contributed by atoms with Crippen molar-refractivity contribution in [2.75, 3.05) is 32.8 Å². The Morgan fingerprint density at radius 3 is 2.56 bits per heavy atom. The second-order valence-corrected chi connectivity index (χ2v) is 6.71. The molecule has 2 saturated heterocycles. The third-order valence-corrected chi connectivity index (χ3v) is 4.44. The number of carbonyl (C=O) groups is 2. The molecule has 25 heavy (non-hydrogen) atoms. The average Bonchev–Trinajstić information content (AvgIpc) is 2.58. The number of likely N-dealkylation sites (tertiary alicyclic amines) is 1. The number of ether oxygens (including phenoxy) is 2. The highest BCUT2D eigenvalue weighted by Crippen LogP contribution is 2.20. The predicted octanol–water partition coefficient (Wildman–Crippen LogP) is 1.30. The van der Waals surface area contributed by atoms with E-state index in [4.69, 9.17) is 9.47 Å². The van der Waals surface area contributed by atoms with E-state index in [1.54, 1.807) is 18.0 Å². The van der Waals surface area contributed by atoms with Crippen LogP contribution in [-0.2, 0) is 19.1 Å². The van der Waals surface area contributed by atoms with E-state index in [0.717, 1.165) is 19.4 Å². The van der Waals surface area contributed by atoms with Crippen molar-refractivity contribution in [1.29, 1.82) is 5.26 Å². The van der Waals surface area contributed by atoms with Gasteiger partial charge in [-0.15, -0.1) is 0 Å². The summed E-state index contributed by atoms with van der Waals surface area (Å²) in [6.45, 7) is 8.15. The summed E-state index contributed by atoms with van der Waals surface area (Å²) in [6, 6.07) is 2.02. The van der Waals surface area contributed by atoms with Crippen molar-refractivity contribution >= 4 is 11.9 Å². The molecule has 0 radical (unpaired) electrons. The molecule has 7 nitrogen and oxygen atoms in total. The molecular weight excluding hydrogens is 322 g/mol. The summed E-state index contributed by atoms with van der Waals surface area (Å²) in [7, 11) is 0.